The Bertz CT molecular complexity index is 1020. The standard InChI is InChI=1S/C24H33N7O3/c1-16(32)27-20-6-4-3-5-18(20)15-34-24(33)30-10-7-17(8-11-30)21-13-22(29-23(25)28-21)31-12-9-19(14-31)26-2/h3-6,13,17,19,26H,7-12,14-15H2,1-2H3,(H,27,32)(H2,25,28,29)/t19-/m1/s1. The van der Waals surface area contributed by atoms with E-state index in [-0.39, 0.29) is 24.5 Å². The van der Waals surface area contributed by atoms with E-state index in [1.807, 2.05) is 31.3 Å². The monoisotopic (exact) mass is 467 g/mol. The van der Waals surface area contributed by atoms with Gasteiger partial charge in [-0.25, -0.2) is 9.78 Å². The minimum atomic E-state index is -0.353. The van der Waals surface area contributed by atoms with E-state index in [0.717, 1.165) is 49.4 Å². The lowest BCUT2D eigenvalue weighted by molar-refractivity contribution is -0.114. The quantitative estimate of drug-likeness (QED) is 0.591. The van der Waals surface area contributed by atoms with Gasteiger partial charge in [-0.05, 0) is 32.4 Å². The number of piperidine rings is 1. The minimum absolute atomic E-state index is 0.102. The zero-order valence-electron chi connectivity index (χ0n) is 19.8. The van der Waals surface area contributed by atoms with Gasteiger partial charge in [-0.15, -0.1) is 0 Å². The van der Waals surface area contributed by atoms with Crippen molar-refractivity contribution < 1.29 is 14.3 Å². The number of hydrogen-bond donors (Lipinski definition) is 3. The average molecular weight is 468 g/mol. The molecule has 1 aromatic heterocycles. The number of likely N-dealkylation sites (tertiary alicyclic amines) is 1. The number of ether oxygens (including phenoxy) is 1. The first-order valence-electron chi connectivity index (χ1n) is 11.8. The zero-order valence-corrected chi connectivity index (χ0v) is 19.8. The van der Waals surface area contributed by atoms with Crippen LogP contribution in [0.15, 0.2) is 30.3 Å². The summed E-state index contributed by atoms with van der Waals surface area (Å²) in [6.07, 6.45) is 2.29. The number of aromatic nitrogens is 2. The highest BCUT2D eigenvalue weighted by Crippen LogP contribution is 2.30. The molecule has 4 N–H and O–H groups in total. The van der Waals surface area contributed by atoms with Crippen LogP contribution < -0.4 is 21.3 Å². The largest absolute Gasteiger partial charge is 0.444 e. The normalized spacial score (nSPS) is 18.7. The summed E-state index contributed by atoms with van der Waals surface area (Å²) in [5.74, 6) is 1.22. The Labute approximate surface area is 199 Å². The van der Waals surface area contributed by atoms with Crippen LogP contribution in [0.25, 0.3) is 0 Å². The van der Waals surface area contributed by atoms with Gasteiger partial charge in [-0.1, -0.05) is 18.2 Å². The van der Waals surface area contributed by atoms with Crippen molar-refractivity contribution in [3.8, 4) is 0 Å². The molecule has 4 rings (SSSR count). The van der Waals surface area contributed by atoms with E-state index < -0.39 is 0 Å². The van der Waals surface area contributed by atoms with Crippen LogP contribution in [0.2, 0.25) is 0 Å². The summed E-state index contributed by atoms with van der Waals surface area (Å²) in [4.78, 5) is 37.0. The summed E-state index contributed by atoms with van der Waals surface area (Å²) in [6.45, 7) is 4.57. The lowest BCUT2D eigenvalue weighted by Gasteiger charge is -2.31. The first-order valence-corrected chi connectivity index (χ1v) is 11.8. The highest BCUT2D eigenvalue weighted by molar-refractivity contribution is 5.89. The van der Waals surface area contributed by atoms with Crippen molar-refractivity contribution in [3.63, 3.8) is 0 Å². The van der Waals surface area contributed by atoms with Crippen molar-refractivity contribution in [2.75, 3.05) is 49.2 Å². The number of hydrogen-bond acceptors (Lipinski definition) is 8. The van der Waals surface area contributed by atoms with Gasteiger partial charge >= 0.3 is 6.09 Å². The fraction of sp³-hybridized carbons (Fsp3) is 0.500. The molecule has 0 aliphatic carbocycles. The van der Waals surface area contributed by atoms with Gasteiger partial charge in [-0.3, -0.25) is 4.79 Å². The number of anilines is 3. The highest BCUT2D eigenvalue weighted by atomic mass is 16.6. The van der Waals surface area contributed by atoms with Crippen LogP contribution in [-0.2, 0) is 16.1 Å². The Kier molecular flexibility index (Phi) is 7.46. The zero-order chi connectivity index (χ0) is 24.1. The molecular weight excluding hydrogens is 434 g/mol. The van der Waals surface area contributed by atoms with E-state index in [1.54, 1.807) is 11.0 Å². The molecular formula is C24H33N7O3. The van der Waals surface area contributed by atoms with E-state index in [9.17, 15) is 9.59 Å². The molecule has 34 heavy (non-hydrogen) atoms. The Morgan fingerprint density at radius 2 is 1.91 bits per heavy atom. The van der Waals surface area contributed by atoms with Gasteiger partial charge in [0.1, 0.15) is 12.4 Å². The fourth-order valence-electron chi connectivity index (χ4n) is 4.59. The average Bonchev–Trinajstić information content (AvgIpc) is 3.32. The number of nitrogens with two attached hydrogens (primary N) is 1. The summed E-state index contributed by atoms with van der Waals surface area (Å²) in [5, 5.41) is 6.08. The molecule has 10 heteroatoms. The van der Waals surface area contributed by atoms with Crippen LogP contribution in [0, 0.1) is 0 Å². The second-order valence-corrected chi connectivity index (χ2v) is 8.88. The summed E-state index contributed by atoms with van der Waals surface area (Å²) in [6, 6.07) is 9.81. The molecule has 3 heterocycles. The molecule has 0 saturated carbocycles. The van der Waals surface area contributed by atoms with Crippen molar-refractivity contribution in [1.29, 1.82) is 0 Å². The summed E-state index contributed by atoms with van der Waals surface area (Å²) < 4.78 is 5.53. The molecule has 2 fully saturated rings. The van der Waals surface area contributed by atoms with Gasteiger partial charge in [0.25, 0.3) is 0 Å². The summed E-state index contributed by atoms with van der Waals surface area (Å²) in [5.41, 5.74) is 8.38. The van der Waals surface area contributed by atoms with Gasteiger partial charge < -0.3 is 30.9 Å². The van der Waals surface area contributed by atoms with Crippen molar-refractivity contribution in [2.24, 2.45) is 0 Å². The molecule has 2 saturated heterocycles. The minimum Gasteiger partial charge on any atom is -0.444 e. The molecule has 2 amide bonds. The number of nitrogens with zero attached hydrogens (tertiary/aromatic N) is 4. The smallest absolute Gasteiger partial charge is 0.410 e. The molecule has 0 unspecified atom stereocenters. The Balaban J connectivity index is 1.32. The number of carbonyl (C=O) groups excluding carboxylic acids is 2. The molecule has 2 aromatic rings. The number of para-hydroxylation sites is 1. The number of nitrogen functional groups attached to an aromatic ring is 1. The third kappa shape index (κ3) is 5.74. The Morgan fingerprint density at radius 3 is 2.62 bits per heavy atom. The van der Waals surface area contributed by atoms with Crippen LogP contribution in [-0.4, -0.2) is 66.1 Å². The number of carbonyl (C=O) groups is 2. The second-order valence-electron chi connectivity index (χ2n) is 8.88. The van der Waals surface area contributed by atoms with E-state index in [4.69, 9.17) is 10.5 Å². The van der Waals surface area contributed by atoms with Gasteiger partial charge in [-0.2, -0.15) is 4.98 Å². The highest BCUT2D eigenvalue weighted by Gasteiger charge is 2.28. The van der Waals surface area contributed by atoms with Crippen molar-refractivity contribution >= 4 is 29.5 Å². The van der Waals surface area contributed by atoms with E-state index in [1.165, 1.54) is 6.92 Å². The van der Waals surface area contributed by atoms with Gasteiger partial charge in [0.05, 0.1) is 5.69 Å². The SMILES string of the molecule is CN[C@@H]1CCN(c2cc(C3CCN(C(=O)OCc4ccccc4NC(C)=O)CC3)nc(N)n2)C1. The van der Waals surface area contributed by atoms with Crippen LogP contribution in [0.1, 0.15) is 43.4 Å². The molecule has 1 aromatic carbocycles. The number of benzene rings is 1. The molecule has 0 radical (unpaired) electrons. The van der Waals surface area contributed by atoms with Gasteiger partial charge in [0.15, 0.2) is 0 Å². The lowest BCUT2D eigenvalue weighted by atomic mass is 9.93. The van der Waals surface area contributed by atoms with Gasteiger partial charge in [0.2, 0.25) is 11.9 Å². The molecule has 0 bridgehead atoms. The number of nitrogens with one attached hydrogen (secondary N) is 2. The lowest BCUT2D eigenvalue weighted by Crippen LogP contribution is -2.38. The first-order chi connectivity index (χ1) is 16.4. The topological polar surface area (TPSA) is 126 Å². The van der Waals surface area contributed by atoms with E-state index in [0.29, 0.717) is 30.8 Å². The Hall–Kier alpha value is -3.40. The van der Waals surface area contributed by atoms with Crippen molar-refractivity contribution in [1.82, 2.24) is 20.2 Å². The number of amides is 2. The van der Waals surface area contributed by atoms with E-state index in [2.05, 4.69) is 25.5 Å². The Morgan fingerprint density at radius 1 is 1.15 bits per heavy atom. The van der Waals surface area contributed by atoms with Crippen molar-refractivity contribution in [3.05, 3.63) is 41.6 Å². The maximum absolute atomic E-state index is 12.6. The maximum Gasteiger partial charge on any atom is 0.410 e. The number of rotatable bonds is 6. The first kappa shape index (κ1) is 23.7. The molecule has 2 aliphatic rings. The molecule has 2 aliphatic heterocycles. The number of likely N-dealkylation sites (N-methyl/N-ethyl adjacent to an activating group) is 1. The summed E-state index contributed by atoms with van der Waals surface area (Å²) in [7, 11) is 1.98. The predicted molar refractivity (Wildman–Crippen MR) is 131 cm³/mol. The van der Waals surface area contributed by atoms with E-state index >= 15 is 0 Å². The fourth-order valence-corrected chi connectivity index (χ4v) is 4.59. The molecule has 1 atom stereocenters. The molecule has 10 nitrogen and oxygen atoms in total. The molecule has 182 valence electrons. The van der Waals surface area contributed by atoms with Crippen LogP contribution in [0.5, 0.6) is 0 Å². The summed E-state index contributed by atoms with van der Waals surface area (Å²) >= 11 is 0. The van der Waals surface area contributed by atoms with Crippen molar-refractivity contribution in [2.45, 2.75) is 44.8 Å². The third-order valence-electron chi connectivity index (χ3n) is 6.52. The van der Waals surface area contributed by atoms with Crippen LogP contribution in [0.4, 0.5) is 22.2 Å². The third-order valence-corrected chi connectivity index (χ3v) is 6.52. The van der Waals surface area contributed by atoms with Crippen LogP contribution in [0.3, 0.4) is 0 Å². The predicted octanol–water partition coefficient (Wildman–Crippen LogP) is 2.33. The maximum atomic E-state index is 12.6. The van der Waals surface area contributed by atoms with Gasteiger partial charge in [0, 0.05) is 62.4 Å². The molecule has 0 spiro atoms. The second kappa shape index (κ2) is 10.7. The van der Waals surface area contributed by atoms with Crippen LogP contribution >= 0.6 is 0 Å².